The van der Waals surface area contributed by atoms with Crippen molar-refractivity contribution in [2.24, 2.45) is 0 Å². The summed E-state index contributed by atoms with van der Waals surface area (Å²) in [5.41, 5.74) is 6.02. The van der Waals surface area contributed by atoms with Crippen LogP contribution in [-0.4, -0.2) is 6.61 Å². The largest absolute Gasteiger partial charge is 0.490 e. The zero-order chi connectivity index (χ0) is 9.14. The summed E-state index contributed by atoms with van der Waals surface area (Å²) in [7, 11) is 0. The quantitative estimate of drug-likeness (QED) is 0.755. The normalized spacial score (nSPS) is 9.92. The van der Waals surface area contributed by atoms with E-state index in [0.717, 1.165) is 0 Å². The van der Waals surface area contributed by atoms with E-state index in [-0.39, 0.29) is 0 Å². The maximum atomic E-state index is 5.82. The van der Waals surface area contributed by atoms with Crippen LogP contribution in [0.15, 0.2) is 12.1 Å². The predicted octanol–water partition coefficient (Wildman–Crippen LogP) is 2.97. The van der Waals surface area contributed by atoms with E-state index in [1.807, 2.05) is 6.92 Å². The van der Waals surface area contributed by atoms with Crippen LogP contribution in [0.25, 0.3) is 0 Å². The van der Waals surface area contributed by atoms with Crippen molar-refractivity contribution in [3.05, 3.63) is 22.2 Å². The molecule has 1 aromatic carbocycles. The topological polar surface area (TPSA) is 35.2 Å². The third-order valence-corrected chi connectivity index (χ3v) is 2.01. The van der Waals surface area contributed by atoms with Crippen LogP contribution < -0.4 is 10.5 Å². The van der Waals surface area contributed by atoms with Crippen molar-refractivity contribution in [2.45, 2.75) is 6.92 Å². The Hall–Kier alpha value is -0.600. The van der Waals surface area contributed by atoms with E-state index in [1.165, 1.54) is 0 Å². The molecule has 0 fully saturated rings. The molecule has 0 atom stereocenters. The van der Waals surface area contributed by atoms with Crippen molar-refractivity contribution in [2.75, 3.05) is 12.3 Å². The second-order valence-electron chi connectivity index (χ2n) is 2.21. The van der Waals surface area contributed by atoms with Gasteiger partial charge in [-0.2, -0.15) is 0 Å². The molecule has 0 aliphatic heterocycles. The molecule has 0 saturated carbocycles. The summed E-state index contributed by atoms with van der Waals surface area (Å²) in [5.74, 6) is 0.465. The monoisotopic (exact) mass is 205 g/mol. The highest BCUT2D eigenvalue weighted by molar-refractivity contribution is 6.36. The third-order valence-electron chi connectivity index (χ3n) is 1.38. The van der Waals surface area contributed by atoms with Gasteiger partial charge in [-0.15, -0.1) is 0 Å². The van der Waals surface area contributed by atoms with Gasteiger partial charge in [0.25, 0.3) is 0 Å². The van der Waals surface area contributed by atoms with E-state index in [2.05, 4.69) is 0 Å². The van der Waals surface area contributed by atoms with E-state index < -0.39 is 0 Å². The molecule has 66 valence electrons. The Bertz CT molecular complexity index is 289. The standard InChI is InChI=1S/C8H9Cl2NO/c1-2-12-8-6(10)4-3-5(9)7(8)11/h3-4H,2,11H2,1H3. The van der Waals surface area contributed by atoms with Gasteiger partial charge in [-0.1, -0.05) is 23.2 Å². The molecule has 0 bridgehead atoms. The van der Waals surface area contributed by atoms with Crippen molar-refractivity contribution in [3.8, 4) is 5.75 Å². The Balaban J connectivity index is 3.14. The molecule has 2 nitrogen and oxygen atoms in total. The zero-order valence-corrected chi connectivity index (χ0v) is 8.12. The number of nitrogens with two attached hydrogens (primary N) is 1. The van der Waals surface area contributed by atoms with Crippen LogP contribution in [0, 0.1) is 0 Å². The van der Waals surface area contributed by atoms with Crippen LogP contribution in [-0.2, 0) is 0 Å². The molecule has 0 heterocycles. The molecule has 0 saturated heterocycles. The maximum absolute atomic E-state index is 5.82. The first kappa shape index (κ1) is 9.49. The molecule has 0 aromatic heterocycles. The van der Waals surface area contributed by atoms with Crippen LogP contribution in [0.2, 0.25) is 10.0 Å². The number of hydrogen-bond donors (Lipinski definition) is 1. The minimum Gasteiger partial charge on any atom is -0.490 e. The average molecular weight is 206 g/mol. The summed E-state index contributed by atoms with van der Waals surface area (Å²) >= 11 is 11.6. The lowest BCUT2D eigenvalue weighted by Crippen LogP contribution is -1.97. The first-order chi connectivity index (χ1) is 5.66. The minimum absolute atomic E-state index is 0.394. The number of rotatable bonds is 2. The Kier molecular flexibility index (Phi) is 3.06. The van der Waals surface area contributed by atoms with E-state index in [4.69, 9.17) is 33.7 Å². The highest BCUT2D eigenvalue weighted by atomic mass is 35.5. The molecule has 12 heavy (non-hydrogen) atoms. The molecule has 0 radical (unpaired) electrons. The van der Waals surface area contributed by atoms with Gasteiger partial charge in [0.1, 0.15) is 0 Å². The Morgan fingerprint density at radius 1 is 1.33 bits per heavy atom. The van der Waals surface area contributed by atoms with Gasteiger partial charge in [-0.3, -0.25) is 0 Å². The first-order valence-electron chi connectivity index (χ1n) is 3.53. The average Bonchev–Trinajstić information content (AvgIpc) is 2.06. The van der Waals surface area contributed by atoms with Gasteiger partial charge in [0.05, 0.1) is 22.3 Å². The summed E-state index contributed by atoms with van der Waals surface area (Å²) in [5, 5.41) is 0.946. The summed E-state index contributed by atoms with van der Waals surface area (Å²) in [6, 6.07) is 3.30. The number of anilines is 1. The molecule has 2 N–H and O–H groups in total. The van der Waals surface area contributed by atoms with Crippen LogP contribution in [0.4, 0.5) is 5.69 Å². The predicted molar refractivity (Wildman–Crippen MR) is 52.0 cm³/mol. The van der Waals surface area contributed by atoms with Crippen LogP contribution in [0.3, 0.4) is 0 Å². The van der Waals surface area contributed by atoms with Crippen molar-refractivity contribution in [1.82, 2.24) is 0 Å². The van der Waals surface area contributed by atoms with Crippen molar-refractivity contribution < 1.29 is 4.74 Å². The molecule has 0 unspecified atom stereocenters. The number of nitrogen functional groups attached to an aromatic ring is 1. The smallest absolute Gasteiger partial charge is 0.162 e. The maximum Gasteiger partial charge on any atom is 0.162 e. The Labute approximate surface area is 81.2 Å². The van der Waals surface area contributed by atoms with Gasteiger partial charge in [0, 0.05) is 0 Å². The third kappa shape index (κ3) is 1.76. The Morgan fingerprint density at radius 2 is 1.92 bits per heavy atom. The molecule has 4 heteroatoms. The molecule has 0 spiro atoms. The molecule has 1 aromatic rings. The molecule has 0 aliphatic carbocycles. The lowest BCUT2D eigenvalue weighted by Gasteiger charge is -2.09. The van der Waals surface area contributed by atoms with E-state index in [1.54, 1.807) is 12.1 Å². The van der Waals surface area contributed by atoms with Crippen LogP contribution >= 0.6 is 23.2 Å². The van der Waals surface area contributed by atoms with Crippen LogP contribution in [0.5, 0.6) is 5.75 Å². The summed E-state index contributed by atoms with van der Waals surface area (Å²) < 4.78 is 5.21. The number of halogens is 2. The fraction of sp³-hybridized carbons (Fsp3) is 0.250. The Morgan fingerprint density at radius 3 is 2.50 bits per heavy atom. The van der Waals surface area contributed by atoms with Gasteiger partial charge in [0.2, 0.25) is 0 Å². The van der Waals surface area contributed by atoms with Gasteiger partial charge < -0.3 is 10.5 Å². The number of ether oxygens (including phenoxy) is 1. The fourth-order valence-electron chi connectivity index (χ4n) is 0.840. The minimum atomic E-state index is 0.394. The SMILES string of the molecule is CCOc1c(Cl)ccc(Cl)c1N. The lowest BCUT2D eigenvalue weighted by atomic mass is 10.3. The molecular weight excluding hydrogens is 197 g/mol. The van der Waals surface area contributed by atoms with Gasteiger partial charge >= 0.3 is 0 Å². The van der Waals surface area contributed by atoms with Gasteiger partial charge in [-0.05, 0) is 19.1 Å². The van der Waals surface area contributed by atoms with E-state index >= 15 is 0 Å². The molecular formula is C8H9Cl2NO. The van der Waals surface area contributed by atoms with Crippen molar-refractivity contribution >= 4 is 28.9 Å². The van der Waals surface area contributed by atoms with Crippen molar-refractivity contribution in [3.63, 3.8) is 0 Å². The van der Waals surface area contributed by atoms with E-state index in [9.17, 15) is 0 Å². The summed E-state index contributed by atoms with van der Waals surface area (Å²) in [6.07, 6.45) is 0. The second kappa shape index (κ2) is 3.87. The number of hydrogen-bond acceptors (Lipinski definition) is 2. The van der Waals surface area contributed by atoms with Crippen molar-refractivity contribution in [1.29, 1.82) is 0 Å². The summed E-state index contributed by atoms with van der Waals surface area (Å²) in [6.45, 7) is 2.38. The fourth-order valence-corrected chi connectivity index (χ4v) is 1.21. The zero-order valence-electron chi connectivity index (χ0n) is 6.60. The first-order valence-corrected chi connectivity index (χ1v) is 4.28. The van der Waals surface area contributed by atoms with Gasteiger partial charge in [0.15, 0.2) is 5.75 Å². The molecule has 0 aliphatic rings. The van der Waals surface area contributed by atoms with Crippen LogP contribution in [0.1, 0.15) is 6.92 Å². The summed E-state index contributed by atoms with van der Waals surface area (Å²) in [4.78, 5) is 0. The highest BCUT2D eigenvalue weighted by Gasteiger charge is 2.08. The number of benzene rings is 1. The second-order valence-corrected chi connectivity index (χ2v) is 3.02. The lowest BCUT2D eigenvalue weighted by molar-refractivity contribution is 0.342. The van der Waals surface area contributed by atoms with E-state index in [0.29, 0.717) is 28.1 Å². The highest BCUT2D eigenvalue weighted by Crippen LogP contribution is 2.35. The van der Waals surface area contributed by atoms with Gasteiger partial charge in [-0.25, -0.2) is 0 Å². The molecule has 1 rings (SSSR count). The molecule has 0 amide bonds.